The van der Waals surface area contributed by atoms with Crippen molar-refractivity contribution in [3.8, 4) is 0 Å². The lowest BCUT2D eigenvalue weighted by atomic mass is 9.49. The predicted octanol–water partition coefficient (Wildman–Crippen LogP) is 1.91. The molecule has 4 atom stereocenters. The molecule has 2 nitrogen and oxygen atoms in total. The fourth-order valence-corrected chi connectivity index (χ4v) is 4.14. The van der Waals surface area contributed by atoms with Crippen molar-refractivity contribution >= 4 is 5.78 Å². The quantitative estimate of drug-likeness (QED) is 0.639. The number of rotatable bonds is 0. The molecule has 14 heavy (non-hydrogen) atoms. The highest BCUT2D eigenvalue weighted by Gasteiger charge is 2.55. The molecule has 1 spiro atoms. The smallest absolute Gasteiger partial charge is 0.136 e. The van der Waals surface area contributed by atoms with Gasteiger partial charge < -0.3 is 5.11 Å². The van der Waals surface area contributed by atoms with E-state index in [4.69, 9.17) is 0 Å². The highest BCUT2D eigenvalue weighted by atomic mass is 16.3. The van der Waals surface area contributed by atoms with Crippen LogP contribution in [-0.2, 0) is 4.79 Å². The van der Waals surface area contributed by atoms with Gasteiger partial charge in [0.05, 0.1) is 6.10 Å². The zero-order valence-electron chi connectivity index (χ0n) is 8.54. The minimum atomic E-state index is -0.188. The number of carbonyl (C=O) groups excluding carboxylic acids is 1. The van der Waals surface area contributed by atoms with Crippen LogP contribution in [0.1, 0.15) is 44.9 Å². The lowest BCUT2D eigenvalue weighted by molar-refractivity contribution is -0.157. The van der Waals surface area contributed by atoms with E-state index in [9.17, 15) is 9.90 Å². The first-order valence-corrected chi connectivity index (χ1v) is 5.93. The molecule has 0 radical (unpaired) electrons. The Morgan fingerprint density at radius 1 is 1.29 bits per heavy atom. The predicted molar refractivity (Wildman–Crippen MR) is 52.7 cm³/mol. The molecule has 4 aliphatic carbocycles. The largest absolute Gasteiger partial charge is 0.393 e. The van der Waals surface area contributed by atoms with E-state index < -0.39 is 0 Å². The lowest BCUT2D eigenvalue weighted by Gasteiger charge is -2.56. The van der Waals surface area contributed by atoms with Gasteiger partial charge in [0, 0.05) is 17.8 Å². The highest BCUT2D eigenvalue weighted by molar-refractivity contribution is 5.83. The van der Waals surface area contributed by atoms with Crippen molar-refractivity contribution in [1.29, 1.82) is 0 Å². The number of hydrogen-bond acceptors (Lipinski definition) is 2. The summed E-state index contributed by atoms with van der Waals surface area (Å²) in [6.45, 7) is 0. The van der Waals surface area contributed by atoms with E-state index in [-0.39, 0.29) is 11.5 Å². The second-order valence-electron chi connectivity index (χ2n) is 5.49. The van der Waals surface area contributed by atoms with Crippen LogP contribution in [0.25, 0.3) is 0 Å². The van der Waals surface area contributed by atoms with Gasteiger partial charge in [-0.1, -0.05) is 6.42 Å². The molecule has 0 unspecified atom stereocenters. The van der Waals surface area contributed by atoms with E-state index in [1.807, 2.05) is 0 Å². The molecule has 0 aromatic rings. The third-order valence-electron chi connectivity index (χ3n) is 4.99. The van der Waals surface area contributed by atoms with Crippen LogP contribution in [0.5, 0.6) is 0 Å². The Bertz CT molecular complexity index is 273. The third-order valence-corrected chi connectivity index (χ3v) is 4.99. The van der Waals surface area contributed by atoms with Gasteiger partial charge in [-0.3, -0.25) is 4.79 Å². The van der Waals surface area contributed by atoms with Crippen molar-refractivity contribution < 1.29 is 9.90 Å². The first-order chi connectivity index (χ1) is 6.72. The third kappa shape index (κ3) is 0.979. The van der Waals surface area contributed by atoms with Gasteiger partial charge in [-0.25, -0.2) is 0 Å². The van der Waals surface area contributed by atoms with Gasteiger partial charge in [0.25, 0.3) is 0 Å². The molecule has 0 heterocycles. The van der Waals surface area contributed by atoms with Crippen molar-refractivity contribution in [1.82, 2.24) is 0 Å². The minimum absolute atomic E-state index is 0.0179. The summed E-state index contributed by atoms with van der Waals surface area (Å²) in [4.78, 5) is 11.7. The molecule has 4 aliphatic rings. The topological polar surface area (TPSA) is 37.3 Å². The second kappa shape index (κ2) is 2.82. The van der Waals surface area contributed by atoms with E-state index in [1.165, 1.54) is 6.42 Å². The summed E-state index contributed by atoms with van der Waals surface area (Å²) in [5.74, 6) is 1.45. The maximum absolute atomic E-state index is 11.7. The maximum atomic E-state index is 11.7. The molecule has 0 aromatic carbocycles. The van der Waals surface area contributed by atoms with Gasteiger partial charge >= 0.3 is 0 Å². The van der Waals surface area contributed by atoms with Crippen molar-refractivity contribution in [2.75, 3.05) is 0 Å². The summed E-state index contributed by atoms with van der Waals surface area (Å²) in [6, 6.07) is 0. The van der Waals surface area contributed by atoms with Crippen LogP contribution in [0.3, 0.4) is 0 Å². The molecule has 4 saturated carbocycles. The normalized spacial score (nSPS) is 51.8. The molecule has 4 rings (SSSR count). The van der Waals surface area contributed by atoms with E-state index in [0.717, 1.165) is 32.1 Å². The first-order valence-electron chi connectivity index (χ1n) is 5.93. The van der Waals surface area contributed by atoms with Crippen LogP contribution in [0.15, 0.2) is 0 Å². The fourth-order valence-electron chi connectivity index (χ4n) is 4.14. The Morgan fingerprint density at radius 3 is 2.93 bits per heavy atom. The standard InChI is InChI=1S/C12H18O2/c13-10-7-12-5-4-8(10)6-9(12)2-1-3-11(12)14/h8-9,11,14H,1-7H2/t8-,9+,11-,12+/m0/s1. The van der Waals surface area contributed by atoms with Gasteiger partial charge in [-0.2, -0.15) is 0 Å². The number of ketones is 1. The Hall–Kier alpha value is -0.370. The molecular formula is C12H18O2. The van der Waals surface area contributed by atoms with Gasteiger partial charge in [0.15, 0.2) is 0 Å². The SMILES string of the molecule is O=C1C[C@]23CC[C@H]1C[C@H]2CCC[C@@H]3O. The Morgan fingerprint density at radius 2 is 2.14 bits per heavy atom. The Labute approximate surface area is 84.7 Å². The van der Waals surface area contributed by atoms with E-state index >= 15 is 0 Å². The summed E-state index contributed by atoms with van der Waals surface area (Å²) in [5.41, 5.74) is 0.0179. The van der Waals surface area contributed by atoms with Crippen LogP contribution in [0.2, 0.25) is 0 Å². The van der Waals surface area contributed by atoms with Crippen molar-refractivity contribution in [2.45, 2.75) is 51.0 Å². The summed E-state index contributed by atoms with van der Waals surface area (Å²) in [7, 11) is 0. The number of carbonyl (C=O) groups is 1. The summed E-state index contributed by atoms with van der Waals surface area (Å²) >= 11 is 0. The summed E-state index contributed by atoms with van der Waals surface area (Å²) in [6.07, 6.45) is 7.07. The maximum Gasteiger partial charge on any atom is 0.136 e. The highest BCUT2D eigenvalue weighted by Crippen LogP contribution is 2.58. The molecule has 2 heteroatoms. The Balaban J connectivity index is 1.96. The number of aliphatic hydroxyl groups is 1. The van der Waals surface area contributed by atoms with E-state index in [1.54, 1.807) is 0 Å². The van der Waals surface area contributed by atoms with Crippen molar-refractivity contribution in [2.24, 2.45) is 17.3 Å². The minimum Gasteiger partial charge on any atom is -0.393 e. The molecule has 4 fully saturated rings. The van der Waals surface area contributed by atoms with Crippen LogP contribution in [-0.4, -0.2) is 17.0 Å². The number of aliphatic hydroxyl groups excluding tert-OH is 1. The van der Waals surface area contributed by atoms with Gasteiger partial charge in [0.2, 0.25) is 0 Å². The van der Waals surface area contributed by atoms with E-state index in [2.05, 4.69) is 0 Å². The molecule has 2 bridgehead atoms. The van der Waals surface area contributed by atoms with Crippen LogP contribution in [0, 0.1) is 17.3 Å². The van der Waals surface area contributed by atoms with E-state index in [0.29, 0.717) is 24.0 Å². The summed E-state index contributed by atoms with van der Waals surface area (Å²) < 4.78 is 0. The van der Waals surface area contributed by atoms with Gasteiger partial charge in [0.1, 0.15) is 5.78 Å². The van der Waals surface area contributed by atoms with Crippen molar-refractivity contribution in [3.05, 3.63) is 0 Å². The number of hydrogen-bond donors (Lipinski definition) is 1. The molecule has 78 valence electrons. The average Bonchev–Trinajstić information content (AvgIpc) is 2.19. The zero-order valence-corrected chi connectivity index (χ0v) is 8.54. The zero-order chi connectivity index (χ0) is 9.76. The van der Waals surface area contributed by atoms with Crippen LogP contribution >= 0.6 is 0 Å². The average molecular weight is 194 g/mol. The number of fused-ring (bicyclic) bond motifs is 2. The molecule has 0 amide bonds. The van der Waals surface area contributed by atoms with Gasteiger partial charge in [-0.15, -0.1) is 0 Å². The van der Waals surface area contributed by atoms with Crippen LogP contribution < -0.4 is 0 Å². The summed E-state index contributed by atoms with van der Waals surface area (Å²) in [5, 5.41) is 10.1. The Kier molecular flexibility index (Phi) is 1.79. The molecule has 0 aromatic heterocycles. The van der Waals surface area contributed by atoms with Crippen LogP contribution in [0.4, 0.5) is 0 Å². The van der Waals surface area contributed by atoms with Crippen molar-refractivity contribution in [3.63, 3.8) is 0 Å². The molecule has 0 aliphatic heterocycles. The lowest BCUT2D eigenvalue weighted by Crippen LogP contribution is -2.55. The fraction of sp³-hybridized carbons (Fsp3) is 0.917. The number of Topliss-reactive ketones (excluding diaryl/α,β-unsaturated/α-hetero) is 1. The second-order valence-corrected chi connectivity index (χ2v) is 5.49. The molecule has 0 saturated heterocycles. The monoisotopic (exact) mass is 194 g/mol. The van der Waals surface area contributed by atoms with Gasteiger partial charge in [-0.05, 0) is 38.0 Å². The molecular weight excluding hydrogens is 176 g/mol. The first kappa shape index (κ1) is 8.90. The molecule has 1 N–H and O–H groups in total.